The second-order valence-electron chi connectivity index (χ2n) is 13.5. The highest BCUT2D eigenvalue weighted by atomic mass is 16.6. The number of hydrogen-bond acceptors (Lipinski definition) is 9. The summed E-state index contributed by atoms with van der Waals surface area (Å²) in [6.07, 6.45) is 8.02. The molecule has 2 saturated carbocycles. The summed E-state index contributed by atoms with van der Waals surface area (Å²) >= 11 is 0. The van der Waals surface area contributed by atoms with Gasteiger partial charge in [-0.15, -0.1) is 0 Å². The zero-order chi connectivity index (χ0) is 31.2. The Labute approximate surface area is 257 Å². The molecule has 11 heteroatoms. The number of amides is 2. The molecule has 1 aromatic heterocycles. The van der Waals surface area contributed by atoms with Crippen molar-refractivity contribution in [2.75, 3.05) is 20.8 Å². The van der Waals surface area contributed by atoms with Crippen LogP contribution >= 0.6 is 0 Å². The number of alkyl carbamates (subject to hydrolysis) is 1. The van der Waals surface area contributed by atoms with Gasteiger partial charge in [-0.2, -0.15) is 0 Å². The maximum atomic E-state index is 14.3. The summed E-state index contributed by atoms with van der Waals surface area (Å²) in [4.78, 5) is 52.0. The van der Waals surface area contributed by atoms with Crippen LogP contribution in [0.1, 0.15) is 65.0 Å². The number of carbonyl (C=O) groups excluding carboxylic acids is 3. The Morgan fingerprint density at radius 1 is 1.02 bits per heavy atom. The fraction of sp³-hybridized carbons (Fsp3) is 0.606. The molecule has 0 spiro atoms. The van der Waals surface area contributed by atoms with E-state index >= 15 is 0 Å². The third kappa shape index (κ3) is 6.19. The number of nitrogens with one attached hydrogen (secondary N) is 1. The molecule has 6 atom stereocenters. The van der Waals surface area contributed by atoms with E-state index < -0.39 is 35.7 Å². The van der Waals surface area contributed by atoms with Crippen LogP contribution in [0.3, 0.4) is 0 Å². The van der Waals surface area contributed by atoms with Crippen molar-refractivity contribution in [3.8, 4) is 11.6 Å². The molecule has 1 aromatic carbocycles. The maximum absolute atomic E-state index is 14.3. The van der Waals surface area contributed by atoms with Gasteiger partial charge in [-0.25, -0.2) is 19.6 Å². The second kappa shape index (κ2) is 11.9. The zero-order valence-electron chi connectivity index (χ0n) is 26.1. The van der Waals surface area contributed by atoms with Crippen molar-refractivity contribution < 1.29 is 33.3 Å². The molecule has 0 radical (unpaired) electrons. The quantitative estimate of drug-likeness (QED) is 0.501. The summed E-state index contributed by atoms with van der Waals surface area (Å²) in [6, 6.07) is 3.73. The van der Waals surface area contributed by atoms with E-state index in [1.807, 2.05) is 45.0 Å². The molecule has 2 aromatic rings. The Balaban J connectivity index is 1.42. The third-order valence-electron chi connectivity index (χ3n) is 9.24. The van der Waals surface area contributed by atoms with Gasteiger partial charge in [0.2, 0.25) is 11.8 Å². The molecule has 3 heterocycles. The minimum absolute atomic E-state index is 0.134. The molecule has 2 amide bonds. The molecule has 2 aliphatic heterocycles. The van der Waals surface area contributed by atoms with Gasteiger partial charge in [0, 0.05) is 12.0 Å². The van der Waals surface area contributed by atoms with E-state index in [1.54, 1.807) is 7.11 Å². The van der Waals surface area contributed by atoms with E-state index in [2.05, 4.69) is 11.4 Å². The van der Waals surface area contributed by atoms with Gasteiger partial charge in [0.05, 0.1) is 31.8 Å². The Morgan fingerprint density at radius 2 is 1.82 bits per heavy atom. The van der Waals surface area contributed by atoms with Crippen molar-refractivity contribution in [2.45, 2.75) is 83.6 Å². The first-order valence-electron chi connectivity index (χ1n) is 15.6. The summed E-state index contributed by atoms with van der Waals surface area (Å²) < 4.78 is 23.1. The molecule has 236 valence electrons. The van der Waals surface area contributed by atoms with Crippen molar-refractivity contribution in [2.24, 2.45) is 23.2 Å². The Morgan fingerprint density at radius 3 is 2.52 bits per heavy atom. The predicted octanol–water partition coefficient (Wildman–Crippen LogP) is 4.52. The number of nitrogens with zero attached hydrogens (tertiary/aromatic N) is 3. The molecule has 3 fully saturated rings. The Kier molecular flexibility index (Phi) is 8.15. The average Bonchev–Trinajstić information content (AvgIpc) is 3.92. The molecule has 4 aliphatic rings. The SMILES string of the molecule is COC(=O)[C@@H]1[C@H](C2CC2)[C@@H]2CN1C(=O)[C@H](C(C)(C)C)NC(=O)O[C@@H]1C[C@H]1CCC/C=C/c1nc3ccc(OC)cc3nc1O2. The molecular formula is C33H42N4O7. The molecule has 44 heavy (non-hydrogen) atoms. The summed E-state index contributed by atoms with van der Waals surface area (Å²) in [6.45, 7) is 5.79. The van der Waals surface area contributed by atoms with Crippen LogP contribution in [0, 0.1) is 23.2 Å². The fourth-order valence-corrected chi connectivity index (χ4v) is 6.59. The van der Waals surface area contributed by atoms with Gasteiger partial charge in [-0.1, -0.05) is 26.8 Å². The average molecular weight is 607 g/mol. The largest absolute Gasteiger partial charge is 0.497 e. The highest BCUT2D eigenvalue weighted by Crippen LogP contribution is 2.47. The van der Waals surface area contributed by atoms with E-state index in [0.29, 0.717) is 34.3 Å². The second-order valence-corrected chi connectivity index (χ2v) is 13.5. The van der Waals surface area contributed by atoms with Crippen LogP contribution in [0.4, 0.5) is 4.79 Å². The predicted molar refractivity (Wildman–Crippen MR) is 162 cm³/mol. The lowest BCUT2D eigenvalue weighted by Crippen LogP contribution is -2.57. The third-order valence-corrected chi connectivity index (χ3v) is 9.24. The van der Waals surface area contributed by atoms with Crippen molar-refractivity contribution in [1.29, 1.82) is 0 Å². The van der Waals surface area contributed by atoms with E-state index in [1.165, 1.54) is 12.0 Å². The van der Waals surface area contributed by atoms with Gasteiger partial charge in [0.1, 0.15) is 35.7 Å². The lowest BCUT2D eigenvalue weighted by molar-refractivity contribution is -0.154. The van der Waals surface area contributed by atoms with E-state index in [9.17, 15) is 14.4 Å². The summed E-state index contributed by atoms with van der Waals surface area (Å²) in [5.41, 5.74) is 1.25. The van der Waals surface area contributed by atoms with Gasteiger partial charge in [0.25, 0.3) is 0 Å². The molecular weight excluding hydrogens is 564 g/mol. The summed E-state index contributed by atoms with van der Waals surface area (Å²) in [5, 5.41) is 2.84. The van der Waals surface area contributed by atoms with Crippen LogP contribution in [-0.4, -0.2) is 77.9 Å². The Hall–Kier alpha value is -3.89. The van der Waals surface area contributed by atoms with Crippen LogP contribution in [0.2, 0.25) is 0 Å². The maximum Gasteiger partial charge on any atom is 0.408 e. The van der Waals surface area contributed by atoms with Crippen LogP contribution in [-0.2, 0) is 19.1 Å². The highest BCUT2D eigenvalue weighted by molar-refractivity contribution is 5.91. The van der Waals surface area contributed by atoms with Crippen LogP contribution in [0.15, 0.2) is 24.3 Å². The van der Waals surface area contributed by atoms with Gasteiger partial charge in [-0.3, -0.25) is 4.79 Å². The molecule has 2 aliphatic carbocycles. The summed E-state index contributed by atoms with van der Waals surface area (Å²) in [5.74, 6) is 0.289. The van der Waals surface area contributed by atoms with Gasteiger partial charge in [-0.05, 0) is 74.0 Å². The number of ether oxygens (including phenoxy) is 4. The minimum atomic E-state index is -0.928. The lowest BCUT2D eigenvalue weighted by atomic mass is 9.85. The fourth-order valence-electron chi connectivity index (χ4n) is 6.59. The molecule has 2 bridgehead atoms. The molecule has 1 saturated heterocycles. The number of methoxy groups -OCH3 is 2. The topological polar surface area (TPSA) is 129 Å². The lowest BCUT2D eigenvalue weighted by Gasteiger charge is -2.35. The van der Waals surface area contributed by atoms with Gasteiger partial charge < -0.3 is 29.2 Å². The van der Waals surface area contributed by atoms with Crippen LogP contribution < -0.4 is 14.8 Å². The van der Waals surface area contributed by atoms with E-state index in [4.69, 9.17) is 28.9 Å². The standard InChI is InChI=1S/C33H42N4O7/c1-33(2,3)28-30(38)37-17-25(26(18-11-12-18)27(37)31(39)42-5)43-29-22(34-21-14-13-20(41-4)16-23(21)35-29)10-8-6-7-9-19-15-24(19)44-32(40)36-28/h8,10,13-14,16,18-19,24-28H,6-7,9,11-12,15,17H2,1-5H3,(H,36,40)/b10-8+/t19-,24-,25+,26-,27+,28-/m1/s1. The molecule has 6 rings (SSSR count). The molecule has 1 N–H and O–H groups in total. The van der Waals surface area contributed by atoms with Crippen molar-refractivity contribution in [3.05, 3.63) is 30.0 Å². The van der Waals surface area contributed by atoms with E-state index in [-0.39, 0.29) is 30.4 Å². The first kappa shape index (κ1) is 30.1. The van der Waals surface area contributed by atoms with Gasteiger partial charge >= 0.3 is 12.1 Å². The van der Waals surface area contributed by atoms with Crippen molar-refractivity contribution in [3.63, 3.8) is 0 Å². The van der Waals surface area contributed by atoms with E-state index in [0.717, 1.165) is 38.5 Å². The van der Waals surface area contributed by atoms with Crippen LogP contribution in [0.25, 0.3) is 17.1 Å². The summed E-state index contributed by atoms with van der Waals surface area (Å²) in [7, 11) is 2.93. The molecule has 11 nitrogen and oxygen atoms in total. The number of rotatable bonds is 3. The van der Waals surface area contributed by atoms with Crippen LogP contribution in [0.5, 0.6) is 11.6 Å². The monoisotopic (exact) mass is 606 g/mol. The first-order chi connectivity index (χ1) is 21.1. The number of fused-ring (bicyclic) bond motifs is 5. The van der Waals surface area contributed by atoms with Gasteiger partial charge in [0.15, 0.2) is 0 Å². The molecule has 0 unspecified atom stereocenters. The first-order valence-corrected chi connectivity index (χ1v) is 15.6. The smallest absolute Gasteiger partial charge is 0.408 e. The number of allylic oxidation sites excluding steroid dienone is 1. The number of carbonyl (C=O) groups is 3. The minimum Gasteiger partial charge on any atom is -0.497 e. The zero-order valence-corrected chi connectivity index (χ0v) is 26.1. The normalized spacial score (nSPS) is 30.1. The number of benzene rings is 1. The number of hydrogen-bond donors (Lipinski definition) is 1. The Bertz CT molecular complexity index is 1470. The highest BCUT2D eigenvalue weighted by Gasteiger charge is 2.57. The van der Waals surface area contributed by atoms with Crippen molar-refractivity contribution >= 4 is 35.1 Å². The number of aromatic nitrogens is 2. The van der Waals surface area contributed by atoms with Crippen molar-refractivity contribution in [1.82, 2.24) is 20.2 Å². The number of esters is 1.